The van der Waals surface area contributed by atoms with Crippen molar-refractivity contribution in [2.45, 2.75) is 75.9 Å². The minimum absolute atomic E-state index is 0.0508. The summed E-state index contributed by atoms with van der Waals surface area (Å²) in [6.45, 7) is 2.00. The van der Waals surface area contributed by atoms with Gasteiger partial charge in [-0.1, -0.05) is 54.8 Å². The van der Waals surface area contributed by atoms with Crippen LogP contribution in [-0.4, -0.2) is 16.5 Å². The van der Waals surface area contributed by atoms with E-state index in [0.29, 0.717) is 34.4 Å². The maximum atomic E-state index is 14.2. The summed E-state index contributed by atoms with van der Waals surface area (Å²) in [5.74, 6) is 0.588. The quantitative estimate of drug-likeness (QED) is 0.403. The fraction of sp³-hybridized carbons (Fsp3) is 0.387. The molecule has 2 fully saturated rings. The van der Waals surface area contributed by atoms with Gasteiger partial charge >= 0.3 is 0 Å². The van der Waals surface area contributed by atoms with Gasteiger partial charge in [0.05, 0.1) is 6.10 Å². The number of fused-ring (bicyclic) bond motifs is 1. The minimum Gasteiger partial charge on any atom is -0.487 e. The van der Waals surface area contributed by atoms with Gasteiger partial charge in [-0.15, -0.1) is 0 Å². The highest BCUT2D eigenvalue weighted by Crippen LogP contribution is 2.54. The largest absolute Gasteiger partial charge is 0.487 e. The van der Waals surface area contributed by atoms with Crippen LogP contribution in [0.15, 0.2) is 54.6 Å². The molecule has 1 heterocycles. The first-order chi connectivity index (χ1) is 16.9. The van der Waals surface area contributed by atoms with E-state index in [2.05, 4.69) is 6.07 Å². The van der Waals surface area contributed by atoms with Crippen molar-refractivity contribution in [3.05, 3.63) is 88.2 Å². The summed E-state index contributed by atoms with van der Waals surface area (Å²) in [7, 11) is 0. The number of ether oxygens (including phenoxy) is 1. The first-order valence-corrected chi connectivity index (χ1v) is 12.9. The molecule has 4 heteroatoms. The highest BCUT2D eigenvalue weighted by Gasteiger charge is 2.47. The Balaban J connectivity index is 1.63. The van der Waals surface area contributed by atoms with Crippen molar-refractivity contribution >= 4 is 5.78 Å². The van der Waals surface area contributed by atoms with Crippen molar-refractivity contribution < 1.29 is 19.0 Å². The zero-order valence-electron chi connectivity index (χ0n) is 20.1. The zero-order chi connectivity index (χ0) is 24.2. The molecule has 0 amide bonds. The number of halogens is 1. The van der Waals surface area contributed by atoms with Crippen molar-refractivity contribution in [1.29, 1.82) is 0 Å². The molecule has 0 aromatic heterocycles. The van der Waals surface area contributed by atoms with Crippen molar-refractivity contribution in [2.75, 3.05) is 0 Å². The molecule has 1 atom stereocenters. The number of hydrogen-bond acceptors (Lipinski definition) is 3. The van der Waals surface area contributed by atoms with Crippen LogP contribution in [0.5, 0.6) is 5.75 Å². The Bertz CT molecular complexity index is 1270. The topological polar surface area (TPSA) is 46.5 Å². The second-order valence-electron chi connectivity index (χ2n) is 10.7. The Morgan fingerprint density at radius 1 is 1.00 bits per heavy atom. The molecule has 1 aliphatic heterocycles. The van der Waals surface area contributed by atoms with Gasteiger partial charge in [0.25, 0.3) is 0 Å². The monoisotopic (exact) mass is 470 g/mol. The van der Waals surface area contributed by atoms with Crippen LogP contribution >= 0.6 is 0 Å². The summed E-state index contributed by atoms with van der Waals surface area (Å²) in [4.78, 5) is 14.2. The van der Waals surface area contributed by atoms with E-state index in [1.807, 2.05) is 31.2 Å². The van der Waals surface area contributed by atoms with Gasteiger partial charge in [0.15, 0.2) is 5.78 Å². The average molecular weight is 471 g/mol. The highest BCUT2D eigenvalue weighted by molar-refractivity contribution is 6.14. The van der Waals surface area contributed by atoms with E-state index < -0.39 is 6.10 Å². The van der Waals surface area contributed by atoms with E-state index in [0.717, 1.165) is 61.6 Å². The number of aryl methyl sites for hydroxylation is 1. The van der Waals surface area contributed by atoms with Gasteiger partial charge in [0.2, 0.25) is 0 Å². The molecule has 1 spiro atoms. The Hall–Kier alpha value is -2.98. The number of carbonyl (C=O) groups is 1. The van der Waals surface area contributed by atoms with Crippen LogP contribution in [0, 0.1) is 12.7 Å². The van der Waals surface area contributed by atoms with Crippen LogP contribution in [-0.2, 0) is 0 Å². The first-order valence-electron chi connectivity index (χ1n) is 12.9. The van der Waals surface area contributed by atoms with E-state index in [1.54, 1.807) is 12.1 Å². The van der Waals surface area contributed by atoms with Gasteiger partial charge in [-0.05, 0) is 74.3 Å². The van der Waals surface area contributed by atoms with Crippen molar-refractivity contribution in [1.82, 2.24) is 0 Å². The summed E-state index contributed by atoms with van der Waals surface area (Å²) >= 11 is 0. The third-order valence-electron chi connectivity index (χ3n) is 8.32. The van der Waals surface area contributed by atoms with Gasteiger partial charge in [-0.3, -0.25) is 4.79 Å². The molecule has 35 heavy (non-hydrogen) atoms. The normalized spacial score (nSPS) is 20.8. The molecule has 3 nitrogen and oxygen atoms in total. The summed E-state index contributed by atoms with van der Waals surface area (Å²) in [5.41, 5.74) is 5.18. The minimum atomic E-state index is -0.735. The lowest BCUT2D eigenvalue weighted by atomic mass is 9.71. The Labute approximate surface area is 206 Å². The molecule has 0 bridgehead atoms. The summed E-state index contributed by atoms with van der Waals surface area (Å²) < 4.78 is 20.5. The molecule has 3 aromatic rings. The van der Waals surface area contributed by atoms with E-state index in [4.69, 9.17) is 4.74 Å². The SMILES string of the molecule is Cc1ccc(C(=O)c2c(C3CCCC3)cc3c(c2-c2ccc(F)cc2)[C@@H](O)CC2(CCC2)O3)cc1. The summed E-state index contributed by atoms with van der Waals surface area (Å²) in [6, 6.07) is 16.0. The number of hydrogen-bond donors (Lipinski definition) is 1. The number of rotatable bonds is 4. The van der Waals surface area contributed by atoms with Crippen LogP contribution in [0.2, 0.25) is 0 Å². The van der Waals surface area contributed by atoms with Crippen molar-refractivity contribution in [3.63, 3.8) is 0 Å². The second-order valence-corrected chi connectivity index (χ2v) is 10.7. The fourth-order valence-corrected chi connectivity index (χ4v) is 6.28. The second kappa shape index (κ2) is 8.60. The van der Waals surface area contributed by atoms with Gasteiger partial charge in [0, 0.05) is 28.7 Å². The van der Waals surface area contributed by atoms with Gasteiger partial charge in [-0.2, -0.15) is 0 Å². The molecule has 180 valence electrons. The number of carbonyl (C=O) groups excluding carboxylic acids is 1. The van der Waals surface area contributed by atoms with Crippen molar-refractivity contribution in [3.8, 4) is 16.9 Å². The average Bonchev–Trinajstić information content (AvgIpc) is 3.37. The molecular weight excluding hydrogens is 439 g/mol. The van der Waals surface area contributed by atoms with Crippen molar-refractivity contribution in [2.24, 2.45) is 0 Å². The molecule has 0 unspecified atom stereocenters. The maximum Gasteiger partial charge on any atom is 0.193 e. The predicted molar refractivity (Wildman–Crippen MR) is 134 cm³/mol. The Morgan fingerprint density at radius 2 is 1.69 bits per heavy atom. The van der Waals surface area contributed by atoms with Gasteiger partial charge in [0.1, 0.15) is 17.2 Å². The fourth-order valence-electron chi connectivity index (χ4n) is 6.28. The summed E-state index contributed by atoms with van der Waals surface area (Å²) in [5, 5.41) is 11.5. The molecule has 2 aliphatic carbocycles. The first kappa shape index (κ1) is 22.5. The smallest absolute Gasteiger partial charge is 0.193 e. The lowest BCUT2D eigenvalue weighted by Gasteiger charge is -2.47. The highest BCUT2D eigenvalue weighted by atomic mass is 19.1. The van der Waals surface area contributed by atoms with Gasteiger partial charge in [-0.25, -0.2) is 4.39 Å². The van der Waals surface area contributed by atoms with Crippen LogP contribution < -0.4 is 4.74 Å². The molecule has 3 aliphatic rings. The molecule has 6 rings (SSSR count). The molecule has 2 saturated carbocycles. The molecule has 0 saturated heterocycles. The molecular formula is C31H31FO3. The van der Waals surface area contributed by atoms with Crippen LogP contribution in [0.4, 0.5) is 4.39 Å². The van der Waals surface area contributed by atoms with Crippen LogP contribution in [0.3, 0.4) is 0 Å². The van der Waals surface area contributed by atoms with Crippen LogP contribution in [0.25, 0.3) is 11.1 Å². The number of ketones is 1. The Kier molecular flexibility index (Phi) is 5.52. The van der Waals surface area contributed by atoms with E-state index in [1.165, 1.54) is 12.1 Å². The third kappa shape index (κ3) is 3.88. The number of aliphatic hydroxyl groups is 1. The third-order valence-corrected chi connectivity index (χ3v) is 8.32. The standard InChI is InChI=1S/C31H31FO3/c1-19-7-9-22(10-8-19)30(34)28-24(20-5-2-3-6-20)17-26-29(25(33)18-31(35-26)15-4-16-31)27(28)21-11-13-23(32)14-12-21/h7-14,17,20,25,33H,2-6,15-16,18H2,1H3/t25-/m0/s1. The molecule has 0 radical (unpaired) electrons. The Morgan fingerprint density at radius 3 is 2.31 bits per heavy atom. The zero-order valence-corrected chi connectivity index (χ0v) is 20.1. The lowest BCUT2D eigenvalue weighted by Crippen LogP contribution is -2.47. The maximum absolute atomic E-state index is 14.2. The molecule has 3 aromatic carbocycles. The number of aliphatic hydroxyl groups excluding tert-OH is 1. The van der Waals surface area contributed by atoms with E-state index >= 15 is 0 Å². The number of benzene rings is 3. The predicted octanol–water partition coefficient (Wildman–Crippen LogP) is 7.43. The van der Waals surface area contributed by atoms with Gasteiger partial charge < -0.3 is 9.84 Å². The summed E-state index contributed by atoms with van der Waals surface area (Å²) in [6.07, 6.45) is 7.12. The lowest BCUT2D eigenvalue weighted by molar-refractivity contribution is -0.0661. The molecule has 1 N–H and O–H groups in total. The van der Waals surface area contributed by atoms with E-state index in [-0.39, 0.29) is 23.1 Å². The van der Waals surface area contributed by atoms with Crippen LogP contribution in [0.1, 0.15) is 96.0 Å². The van der Waals surface area contributed by atoms with E-state index in [9.17, 15) is 14.3 Å².